The van der Waals surface area contributed by atoms with Gasteiger partial charge in [0.1, 0.15) is 5.82 Å². The van der Waals surface area contributed by atoms with Crippen LogP contribution < -0.4 is 0 Å². The van der Waals surface area contributed by atoms with E-state index in [0.29, 0.717) is 12.2 Å². The van der Waals surface area contributed by atoms with Gasteiger partial charge in [0.2, 0.25) is 10.0 Å². The summed E-state index contributed by atoms with van der Waals surface area (Å²) in [5, 5.41) is 8.75. The summed E-state index contributed by atoms with van der Waals surface area (Å²) in [7, 11) is -3.85. The van der Waals surface area contributed by atoms with Crippen LogP contribution in [0.3, 0.4) is 0 Å². The number of sulfonamides is 1. The van der Waals surface area contributed by atoms with Gasteiger partial charge in [0, 0.05) is 26.1 Å². The first-order valence-corrected chi connectivity index (χ1v) is 8.64. The largest absolute Gasteiger partial charge is 0.377 e. The van der Waals surface area contributed by atoms with Gasteiger partial charge in [-0.25, -0.2) is 12.8 Å². The van der Waals surface area contributed by atoms with E-state index in [0.717, 1.165) is 18.9 Å². The molecule has 0 spiro atoms. The van der Waals surface area contributed by atoms with Crippen LogP contribution in [0.4, 0.5) is 4.39 Å². The van der Waals surface area contributed by atoms with Crippen molar-refractivity contribution in [2.24, 2.45) is 0 Å². The Kier molecular flexibility index (Phi) is 5.51. The third-order valence-electron chi connectivity index (χ3n) is 3.67. The zero-order valence-corrected chi connectivity index (χ0v) is 13.3. The van der Waals surface area contributed by atoms with Crippen LogP contribution in [-0.4, -0.2) is 38.5 Å². The number of ether oxygens (including phenoxy) is 1. The van der Waals surface area contributed by atoms with Gasteiger partial charge in [-0.15, -0.1) is 0 Å². The molecule has 1 atom stereocenters. The van der Waals surface area contributed by atoms with Crippen molar-refractivity contribution in [2.75, 3.05) is 19.7 Å². The number of halogens is 1. The molecule has 5 nitrogen and oxygen atoms in total. The minimum Gasteiger partial charge on any atom is -0.377 e. The maximum absolute atomic E-state index is 13.4. The quantitative estimate of drug-likeness (QED) is 0.803. The second-order valence-corrected chi connectivity index (χ2v) is 7.22. The predicted molar refractivity (Wildman–Crippen MR) is 79.1 cm³/mol. The fourth-order valence-electron chi connectivity index (χ4n) is 2.49. The average Bonchev–Trinajstić information content (AvgIpc) is 2.98. The monoisotopic (exact) mass is 326 g/mol. The van der Waals surface area contributed by atoms with Gasteiger partial charge in [0.15, 0.2) is 0 Å². The zero-order valence-electron chi connectivity index (χ0n) is 12.5. The van der Waals surface area contributed by atoms with E-state index in [1.165, 1.54) is 16.4 Å². The lowest BCUT2D eigenvalue weighted by molar-refractivity contribution is 0.0941. The summed E-state index contributed by atoms with van der Waals surface area (Å²) in [5.41, 5.74) is 0.482. The molecule has 0 radical (unpaired) electrons. The van der Waals surface area contributed by atoms with Gasteiger partial charge in [-0.1, -0.05) is 6.07 Å². The third kappa shape index (κ3) is 3.83. The predicted octanol–water partition coefficient (Wildman–Crippen LogP) is 2.22. The van der Waals surface area contributed by atoms with Crippen LogP contribution in [0.2, 0.25) is 0 Å². The summed E-state index contributed by atoms with van der Waals surface area (Å²) in [6, 6.07) is 5.65. The molecule has 1 saturated heterocycles. The highest BCUT2D eigenvalue weighted by atomic mass is 32.2. The molecular formula is C15H19FN2O3S. The van der Waals surface area contributed by atoms with E-state index in [9.17, 15) is 12.8 Å². The molecule has 1 unspecified atom stereocenters. The highest BCUT2D eigenvalue weighted by Crippen LogP contribution is 2.23. The number of nitriles is 1. The standard InChI is InChI=1S/C15H19FN2O3S/c1-12-5-6-13(16)10-15(12)22(19,20)18(8-3-7-17)11-14-4-2-9-21-14/h5-6,10,14H,2-4,8-9,11H2,1H3. The van der Waals surface area contributed by atoms with Crippen LogP contribution in [0, 0.1) is 24.1 Å². The average molecular weight is 326 g/mol. The van der Waals surface area contributed by atoms with Crippen LogP contribution in [0.15, 0.2) is 23.1 Å². The van der Waals surface area contributed by atoms with E-state index in [4.69, 9.17) is 10.00 Å². The minimum atomic E-state index is -3.85. The van der Waals surface area contributed by atoms with Crippen LogP contribution in [-0.2, 0) is 14.8 Å². The zero-order chi connectivity index (χ0) is 16.2. The second-order valence-electron chi connectivity index (χ2n) is 5.32. The first-order valence-electron chi connectivity index (χ1n) is 7.20. The number of hydrogen-bond acceptors (Lipinski definition) is 4. The van der Waals surface area contributed by atoms with Gasteiger partial charge in [0.05, 0.1) is 17.1 Å². The molecule has 1 heterocycles. The van der Waals surface area contributed by atoms with Gasteiger partial charge < -0.3 is 4.74 Å². The summed E-state index contributed by atoms with van der Waals surface area (Å²) >= 11 is 0. The van der Waals surface area contributed by atoms with Gasteiger partial charge in [-0.3, -0.25) is 0 Å². The highest BCUT2D eigenvalue weighted by Gasteiger charge is 2.30. The Labute approximate surface area is 130 Å². The second kappa shape index (κ2) is 7.18. The van der Waals surface area contributed by atoms with Crippen molar-refractivity contribution >= 4 is 10.0 Å². The normalized spacial score (nSPS) is 18.5. The van der Waals surface area contributed by atoms with Gasteiger partial charge in [-0.05, 0) is 37.5 Å². The Bertz CT molecular complexity index is 664. The Morgan fingerprint density at radius 2 is 2.27 bits per heavy atom. The Balaban J connectivity index is 2.30. The molecule has 22 heavy (non-hydrogen) atoms. The van der Waals surface area contributed by atoms with E-state index in [1.54, 1.807) is 6.92 Å². The topological polar surface area (TPSA) is 70.4 Å². The number of nitrogens with zero attached hydrogens (tertiary/aromatic N) is 2. The Morgan fingerprint density at radius 3 is 2.91 bits per heavy atom. The van der Waals surface area contributed by atoms with E-state index in [1.807, 2.05) is 6.07 Å². The van der Waals surface area contributed by atoms with Gasteiger partial charge >= 0.3 is 0 Å². The van der Waals surface area contributed by atoms with Crippen LogP contribution in [0.5, 0.6) is 0 Å². The van der Waals surface area contributed by atoms with Crippen molar-refractivity contribution in [3.63, 3.8) is 0 Å². The summed E-state index contributed by atoms with van der Waals surface area (Å²) in [6.45, 7) is 2.52. The van der Waals surface area contributed by atoms with E-state index < -0.39 is 15.8 Å². The number of rotatable bonds is 6. The third-order valence-corrected chi connectivity index (χ3v) is 5.68. The number of benzene rings is 1. The molecule has 1 aromatic carbocycles. The van der Waals surface area contributed by atoms with Crippen LogP contribution in [0.25, 0.3) is 0 Å². The Morgan fingerprint density at radius 1 is 1.50 bits per heavy atom. The molecule has 1 fully saturated rings. The molecule has 1 aromatic rings. The highest BCUT2D eigenvalue weighted by molar-refractivity contribution is 7.89. The van der Waals surface area contributed by atoms with Crippen molar-refractivity contribution in [3.05, 3.63) is 29.6 Å². The van der Waals surface area contributed by atoms with Crippen molar-refractivity contribution in [1.29, 1.82) is 5.26 Å². The molecule has 2 rings (SSSR count). The fourth-order valence-corrected chi connectivity index (χ4v) is 4.20. The first-order chi connectivity index (χ1) is 10.4. The van der Waals surface area contributed by atoms with E-state index >= 15 is 0 Å². The smallest absolute Gasteiger partial charge is 0.243 e. The maximum atomic E-state index is 13.4. The minimum absolute atomic E-state index is 0.0524. The molecule has 1 aliphatic heterocycles. The van der Waals surface area contributed by atoms with Crippen LogP contribution >= 0.6 is 0 Å². The van der Waals surface area contributed by atoms with Gasteiger partial charge in [-0.2, -0.15) is 9.57 Å². The molecule has 0 aromatic heterocycles. The van der Waals surface area contributed by atoms with E-state index in [-0.39, 0.29) is 30.5 Å². The number of aryl methyl sites for hydroxylation is 1. The van der Waals surface area contributed by atoms with Crippen molar-refractivity contribution < 1.29 is 17.5 Å². The van der Waals surface area contributed by atoms with Crippen LogP contribution in [0.1, 0.15) is 24.8 Å². The van der Waals surface area contributed by atoms with E-state index in [2.05, 4.69) is 0 Å². The molecule has 0 aliphatic carbocycles. The summed E-state index contributed by atoms with van der Waals surface area (Å²) in [6.07, 6.45) is 1.61. The fraction of sp³-hybridized carbons (Fsp3) is 0.533. The van der Waals surface area contributed by atoms with Crippen molar-refractivity contribution in [1.82, 2.24) is 4.31 Å². The molecule has 1 aliphatic rings. The molecular weight excluding hydrogens is 307 g/mol. The van der Waals surface area contributed by atoms with Gasteiger partial charge in [0.25, 0.3) is 0 Å². The lowest BCUT2D eigenvalue weighted by Gasteiger charge is -2.24. The lowest BCUT2D eigenvalue weighted by atomic mass is 10.2. The van der Waals surface area contributed by atoms with Crippen molar-refractivity contribution in [2.45, 2.75) is 37.2 Å². The Hall–Kier alpha value is -1.49. The molecule has 120 valence electrons. The summed E-state index contributed by atoms with van der Waals surface area (Å²) < 4.78 is 45.7. The maximum Gasteiger partial charge on any atom is 0.243 e. The molecule has 0 saturated carbocycles. The molecule has 7 heteroatoms. The molecule has 0 bridgehead atoms. The molecule has 0 N–H and O–H groups in total. The number of hydrogen-bond donors (Lipinski definition) is 0. The lowest BCUT2D eigenvalue weighted by Crippen LogP contribution is -2.38. The summed E-state index contributed by atoms with van der Waals surface area (Å²) in [5.74, 6) is -0.596. The first kappa shape index (κ1) is 16.9. The van der Waals surface area contributed by atoms with Crippen molar-refractivity contribution in [3.8, 4) is 6.07 Å². The SMILES string of the molecule is Cc1ccc(F)cc1S(=O)(=O)N(CCC#N)CC1CCCO1. The molecule has 0 amide bonds. The summed E-state index contributed by atoms with van der Waals surface area (Å²) in [4.78, 5) is -0.0524.